The topological polar surface area (TPSA) is 26.0 Å². The van der Waals surface area contributed by atoms with Crippen LogP contribution in [0.3, 0.4) is 0 Å². The largest absolute Gasteiger partial charge is 0.399 e. The molecule has 1 nitrogen and oxygen atoms in total. The van der Waals surface area contributed by atoms with Crippen molar-refractivity contribution in [3.63, 3.8) is 0 Å². The molecule has 2 N–H and O–H groups in total. The highest BCUT2D eigenvalue weighted by molar-refractivity contribution is 5.85. The first kappa shape index (κ1) is 14.6. The highest BCUT2D eigenvalue weighted by Crippen LogP contribution is 2.11. The normalized spacial score (nSPS) is 9.78. The smallest absolute Gasteiger partial charge is 0.0316 e. The minimum atomic E-state index is 0. The van der Waals surface area contributed by atoms with Gasteiger partial charge in [-0.25, -0.2) is 0 Å². The Labute approximate surface area is 115 Å². The van der Waals surface area contributed by atoms with Crippen LogP contribution in [0.1, 0.15) is 24.0 Å². The zero-order valence-corrected chi connectivity index (χ0v) is 11.3. The standard InChI is InChI=1S/C16H19N.ClH/c17-16-12-6-11-15(13-16)10-5-4-9-14-7-2-1-3-8-14;/h1-3,6-8,11-13H,4-5,9-10,17H2;1H. The van der Waals surface area contributed by atoms with E-state index in [1.54, 1.807) is 0 Å². The Morgan fingerprint density at radius 1 is 0.722 bits per heavy atom. The molecule has 0 spiro atoms. The molecule has 0 bridgehead atoms. The van der Waals surface area contributed by atoms with Crippen LogP contribution >= 0.6 is 12.4 Å². The van der Waals surface area contributed by atoms with Gasteiger partial charge in [-0.05, 0) is 48.9 Å². The van der Waals surface area contributed by atoms with Crippen LogP contribution in [-0.2, 0) is 12.8 Å². The van der Waals surface area contributed by atoms with Gasteiger partial charge in [-0.15, -0.1) is 12.4 Å². The van der Waals surface area contributed by atoms with Gasteiger partial charge in [0.2, 0.25) is 0 Å². The fraction of sp³-hybridized carbons (Fsp3) is 0.250. The lowest BCUT2D eigenvalue weighted by Crippen LogP contribution is -1.91. The van der Waals surface area contributed by atoms with E-state index >= 15 is 0 Å². The molecule has 0 amide bonds. The Balaban J connectivity index is 0.00000162. The van der Waals surface area contributed by atoms with Crippen molar-refractivity contribution in [1.29, 1.82) is 0 Å². The van der Waals surface area contributed by atoms with Crippen LogP contribution in [-0.4, -0.2) is 0 Å². The van der Waals surface area contributed by atoms with Crippen LogP contribution in [0.5, 0.6) is 0 Å². The number of hydrogen-bond acceptors (Lipinski definition) is 1. The van der Waals surface area contributed by atoms with E-state index < -0.39 is 0 Å². The maximum Gasteiger partial charge on any atom is 0.0316 e. The summed E-state index contributed by atoms with van der Waals surface area (Å²) in [5.41, 5.74) is 9.40. The van der Waals surface area contributed by atoms with Gasteiger partial charge < -0.3 is 5.73 Å². The van der Waals surface area contributed by atoms with Crippen LogP contribution < -0.4 is 5.73 Å². The molecular weight excluding hydrogens is 242 g/mol. The van der Waals surface area contributed by atoms with Crippen molar-refractivity contribution >= 4 is 18.1 Å². The van der Waals surface area contributed by atoms with Crippen molar-refractivity contribution in [3.05, 3.63) is 65.7 Å². The molecule has 2 aromatic rings. The Bertz CT molecular complexity index is 454. The summed E-state index contributed by atoms with van der Waals surface area (Å²) in [5.74, 6) is 0. The van der Waals surface area contributed by atoms with Gasteiger partial charge in [0.15, 0.2) is 0 Å². The summed E-state index contributed by atoms with van der Waals surface area (Å²) in [6, 6.07) is 18.9. The lowest BCUT2D eigenvalue weighted by Gasteiger charge is -2.03. The molecule has 2 heteroatoms. The molecule has 2 aromatic carbocycles. The zero-order chi connectivity index (χ0) is 11.9. The van der Waals surface area contributed by atoms with Gasteiger partial charge in [0.25, 0.3) is 0 Å². The van der Waals surface area contributed by atoms with Gasteiger partial charge in [-0.3, -0.25) is 0 Å². The monoisotopic (exact) mass is 261 g/mol. The quantitative estimate of drug-likeness (QED) is 0.632. The van der Waals surface area contributed by atoms with Gasteiger partial charge in [-0.2, -0.15) is 0 Å². The number of nitrogens with two attached hydrogens (primary N) is 1. The third kappa shape index (κ3) is 4.80. The first-order valence-corrected chi connectivity index (χ1v) is 6.23. The molecule has 18 heavy (non-hydrogen) atoms. The molecule has 0 aliphatic carbocycles. The average molecular weight is 262 g/mol. The molecule has 0 unspecified atom stereocenters. The molecule has 0 aliphatic heterocycles. The van der Waals surface area contributed by atoms with Gasteiger partial charge in [-0.1, -0.05) is 42.5 Å². The van der Waals surface area contributed by atoms with E-state index in [-0.39, 0.29) is 12.4 Å². The summed E-state index contributed by atoms with van der Waals surface area (Å²) in [6.45, 7) is 0. The van der Waals surface area contributed by atoms with E-state index in [0.29, 0.717) is 0 Å². The average Bonchev–Trinajstić information content (AvgIpc) is 2.36. The van der Waals surface area contributed by atoms with Gasteiger partial charge in [0, 0.05) is 5.69 Å². The number of aryl methyl sites for hydroxylation is 2. The van der Waals surface area contributed by atoms with Crippen molar-refractivity contribution < 1.29 is 0 Å². The first-order chi connectivity index (χ1) is 8.34. The maximum atomic E-state index is 5.75. The molecule has 0 aromatic heterocycles. The van der Waals surface area contributed by atoms with Gasteiger partial charge in [0.05, 0.1) is 0 Å². The lowest BCUT2D eigenvalue weighted by atomic mass is 10.0. The van der Waals surface area contributed by atoms with E-state index in [0.717, 1.165) is 12.1 Å². The second-order valence-corrected chi connectivity index (χ2v) is 4.44. The zero-order valence-electron chi connectivity index (χ0n) is 10.5. The summed E-state index contributed by atoms with van der Waals surface area (Å²) in [4.78, 5) is 0. The van der Waals surface area contributed by atoms with Crippen molar-refractivity contribution in [3.8, 4) is 0 Å². The minimum absolute atomic E-state index is 0. The Kier molecular flexibility index (Phi) is 6.31. The molecule has 0 fully saturated rings. The summed E-state index contributed by atoms with van der Waals surface area (Å²) < 4.78 is 0. The second-order valence-electron chi connectivity index (χ2n) is 4.44. The summed E-state index contributed by atoms with van der Waals surface area (Å²) >= 11 is 0. The van der Waals surface area contributed by atoms with Crippen molar-refractivity contribution in [2.24, 2.45) is 0 Å². The highest BCUT2D eigenvalue weighted by Gasteiger charge is 1.95. The fourth-order valence-corrected chi connectivity index (χ4v) is 2.05. The predicted molar refractivity (Wildman–Crippen MR) is 81.2 cm³/mol. The summed E-state index contributed by atoms with van der Waals surface area (Å²) in [7, 11) is 0. The molecule has 0 atom stereocenters. The Morgan fingerprint density at radius 2 is 1.33 bits per heavy atom. The van der Waals surface area contributed by atoms with Crippen LogP contribution in [0.2, 0.25) is 0 Å². The van der Waals surface area contributed by atoms with Crippen LogP contribution in [0.4, 0.5) is 5.69 Å². The Morgan fingerprint density at radius 3 is 2.00 bits per heavy atom. The fourth-order valence-electron chi connectivity index (χ4n) is 2.05. The van der Waals surface area contributed by atoms with E-state index in [9.17, 15) is 0 Å². The molecule has 0 radical (unpaired) electrons. The van der Waals surface area contributed by atoms with Crippen LogP contribution in [0.25, 0.3) is 0 Å². The second kappa shape index (κ2) is 7.78. The summed E-state index contributed by atoms with van der Waals surface area (Å²) in [5, 5.41) is 0. The van der Waals surface area contributed by atoms with Crippen LogP contribution in [0, 0.1) is 0 Å². The molecule has 0 saturated heterocycles. The van der Waals surface area contributed by atoms with E-state index in [1.165, 1.54) is 30.4 Å². The third-order valence-corrected chi connectivity index (χ3v) is 2.97. The van der Waals surface area contributed by atoms with Crippen molar-refractivity contribution in [2.75, 3.05) is 5.73 Å². The molecule has 0 heterocycles. The highest BCUT2D eigenvalue weighted by atomic mass is 35.5. The summed E-state index contributed by atoms with van der Waals surface area (Å²) in [6.07, 6.45) is 4.75. The number of benzene rings is 2. The molecule has 0 saturated carbocycles. The molecular formula is C16H20ClN. The Hall–Kier alpha value is -1.47. The van der Waals surface area contributed by atoms with E-state index in [1.807, 2.05) is 12.1 Å². The number of unbranched alkanes of at least 4 members (excludes halogenated alkanes) is 1. The van der Waals surface area contributed by atoms with E-state index in [2.05, 4.69) is 42.5 Å². The minimum Gasteiger partial charge on any atom is -0.399 e. The van der Waals surface area contributed by atoms with Gasteiger partial charge >= 0.3 is 0 Å². The molecule has 2 rings (SSSR count). The van der Waals surface area contributed by atoms with Crippen molar-refractivity contribution in [1.82, 2.24) is 0 Å². The SMILES string of the molecule is Cl.Nc1cccc(CCCCc2ccccc2)c1. The van der Waals surface area contributed by atoms with Gasteiger partial charge in [0.1, 0.15) is 0 Å². The number of rotatable bonds is 5. The molecule has 0 aliphatic rings. The van der Waals surface area contributed by atoms with Crippen molar-refractivity contribution in [2.45, 2.75) is 25.7 Å². The van der Waals surface area contributed by atoms with E-state index in [4.69, 9.17) is 5.73 Å². The third-order valence-electron chi connectivity index (χ3n) is 2.97. The number of halogens is 1. The predicted octanol–water partition coefficient (Wildman–Crippen LogP) is 4.26. The lowest BCUT2D eigenvalue weighted by molar-refractivity contribution is 0.734. The maximum absolute atomic E-state index is 5.75. The number of hydrogen-bond donors (Lipinski definition) is 1. The van der Waals surface area contributed by atoms with Crippen LogP contribution in [0.15, 0.2) is 54.6 Å². The number of anilines is 1. The molecule has 96 valence electrons. The first-order valence-electron chi connectivity index (χ1n) is 6.23. The number of nitrogen functional groups attached to an aromatic ring is 1.